The van der Waals surface area contributed by atoms with Crippen LogP contribution in [0.3, 0.4) is 0 Å². The molecule has 2 saturated carbocycles. The third kappa shape index (κ3) is 2.64. The van der Waals surface area contributed by atoms with Gasteiger partial charge in [-0.25, -0.2) is 0 Å². The van der Waals surface area contributed by atoms with Crippen LogP contribution in [0.1, 0.15) is 58.8 Å². The van der Waals surface area contributed by atoms with E-state index >= 15 is 0 Å². The largest absolute Gasteiger partial charge is 0.548 e. The highest BCUT2D eigenvalue weighted by atomic mass is 28.4. The maximum Gasteiger partial charge on any atom is 0.241 e. The van der Waals surface area contributed by atoms with Crippen molar-refractivity contribution in [2.24, 2.45) is 34.5 Å². The van der Waals surface area contributed by atoms with Gasteiger partial charge in [-0.2, -0.15) is 0 Å². The Labute approximate surface area is 150 Å². The predicted octanol–water partition coefficient (Wildman–Crippen LogP) is 6.54. The third-order valence-electron chi connectivity index (χ3n) is 8.05. The van der Waals surface area contributed by atoms with Gasteiger partial charge in [0.15, 0.2) is 0 Å². The molecule has 6 atom stereocenters. The van der Waals surface area contributed by atoms with Gasteiger partial charge in [-0.15, -0.1) is 0 Å². The van der Waals surface area contributed by atoms with E-state index in [1.165, 1.54) is 50.7 Å². The summed E-state index contributed by atoms with van der Waals surface area (Å²) in [5.41, 5.74) is 1.04. The van der Waals surface area contributed by atoms with Gasteiger partial charge in [0.2, 0.25) is 8.32 Å². The van der Waals surface area contributed by atoms with E-state index in [9.17, 15) is 0 Å². The molecule has 0 spiro atoms. The molecule has 0 radical (unpaired) electrons. The van der Waals surface area contributed by atoms with Crippen molar-refractivity contribution in [3.8, 4) is 0 Å². The Bertz CT molecular complexity index is 571. The summed E-state index contributed by atoms with van der Waals surface area (Å²) < 4.78 is 6.38. The summed E-state index contributed by atoms with van der Waals surface area (Å²) in [4.78, 5) is 0. The zero-order valence-corrected chi connectivity index (χ0v) is 17.4. The molecule has 0 aromatic rings. The Kier molecular flexibility index (Phi) is 3.88. The molecular formula is C22H36OSi. The Morgan fingerprint density at radius 1 is 1.08 bits per heavy atom. The van der Waals surface area contributed by atoms with Crippen LogP contribution in [0.4, 0.5) is 0 Å². The minimum atomic E-state index is -1.46. The second-order valence-corrected chi connectivity index (χ2v) is 15.1. The van der Waals surface area contributed by atoms with Crippen molar-refractivity contribution in [1.29, 1.82) is 0 Å². The van der Waals surface area contributed by atoms with Crippen molar-refractivity contribution >= 4 is 8.32 Å². The summed E-state index contributed by atoms with van der Waals surface area (Å²) in [5, 5.41) is 0. The van der Waals surface area contributed by atoms with Crippen molar-refractivity contribution in [2.45, 2.75) is 78.4 Å². The van der Waals surface area contributed by atoms with Gasteiger partial charge in [0, 0.05) is 6.42 Å². The molecule has 0 N–H and O–H groups in total. The SMILES string of the molecule is C[C@@]12C=CCC1C1CC[C@H]3CC(O[Si](C)(C)C)=CC[C@]3(C)C1CC2. The van der Waals surface area contributed by atoms with Crippen LogP contribution < -0.4 is 0 Å². The molecule has 0 heterocycles. The molecule has 2 fully saturated rings. The predicted molar refractivity (Wildman–Crippen MR) is 104 cm³/mol. The van der Waals surface area contributed by atoms with Crippen molar-refractivity contribution < 1.29 is 4.43 Å². The maximum absolute atomic E-state index is 6.38. The number of fused-ring (bicyclic) bond motifs is 5. The highest BCUT2D eigenvalue weighted by Crippen LogP contribution is 2.64. The zero-order chi connectivity index (χ0) is 17.2. The second-order valence-electron chi connectivity index (χ2n) is 10.6. The summed E-state index contributed by atoms with van der Waals surface area (Å²) in [6, 6.07) is 0. The van der Waals surface area contributed by atoms with Gasteiger partial charge in [-0.1, -0.05) is 26.0 Å². The molecule has 24 heavy (non-hydrogen) atoms. The smallest absolute Gasteiger partial charge is 0.241 e. The van der Waals surface area contributed by atoms with E-state index < -0.39 is 8.32 Å². The van der Waals surface area contributed by atoms with E-state index in [0.29, 0.717) is 10.8 Å². The Balaban J connectivity index is 1.56. The summed E-state index contributed by atoms with van der Waals surface area (Å²) in [6.07, 6.45) is 17.1. The summed E-state index contributed by atoms with van der Waals surface area (Å²) in [6.45, 7) is 12.1. The van der Waals surface area contributed by atoms with E-state index in [2.05, 4.69) is 51.7 Å². The molecule has 0 aromatic heterocycles. The van der Waals surface area contributed by atoms with Crippen LogP contribution in [0.2, 0.25) is 19.6 Å². The molecule has 3 unspecified atom stereocenters. The Hall–Kier alpha value is -0.503. The first-order valence-corrected chi connectivity index (χ1v) is 13.7. The van der Waals surface area contributed by atoms with Gasteiger partial charge in [0.1, 0.15) is 0 Å². The molecule has 134 valence electrons. The van der Waals surface area contributed by atoms with Crippen LogP contribution in [-0.2, 0) is 4.43 Å². The fourth-order valence-electron chi connectivity index (χ4n) is 6.81. The first-order valence-electron chi connectivity index (χ1n) is 10.3. The van der Waals surface area contributed by atoms with Crippen molar-refractivity contribution in [3.05, 3.63) is 24.0 Å². The fraction of sp³-hybridized carbons (Fsp3) is 0.818. The molecule has 2 heteroatoms. The van der Waals surface area contributed by atoms with Crippen molar-refractivity contribution in [2.75, 3.05) is 0 Å². The standard InChI is InChI=1S/C22H36OSi/c1-21-12-6-7-19(21)18-9-8-16-15-17(23-24(3,4)5)10-14-22(16,2)20(18)11-13-21/h6,10,12,16,18-20H,7-9,11,13-15H2,1-5H3/t16-,18?,19?,20?,21-,22-/m0/s1. The lowest BCUT2D eigenvalue weighted by molar-refractivity contribution is -0.0840. The molecule has 1 nitrogen and oxygen atoms in total. The summed E-state index contributed by atoms with van der Waals surface area (Å²) in [7, 11) is -1.46. The Morgan fingerprint density at radius 3 is 2.62 bits per heavy atom. The fourth-order valence-corrected chi connectivity index (χ4v) is 7.76. The first-order chi connectivity index (χ1) is 11.2. The quantitative estimate of drug-likeness (QED) is 0.408. The normalized spacial score (nSPS) is 47.5. The zero-order valence-electron chi connectivity index (χ0n) is 16.4. The second kappa shape index (κ2) is 5.49. The lowest BCUT2D eigenvalue weighted by atomic mass is 9.46. The summed E-state index contributed by atoms with van der Waals surface area (Å²) in [5.74, 6) is 5.02. The van der Waals surface area contributed by atoms with Crippen LogP contribution in [0.25, 0.3) is 0 Å². The van der Waals surface area contributed by atoms with E-state index in [1.54, 1.807) is 0 Å². The maximum atomic E-state index is 6.38. The molecule has 0 aromatic carbocycles. The average Bonchev–Trinajstić information content (AvgIpc) is 2.88. The van der Waals surface area contributed by atoms with Crippen LogP contribution in [-0.4, -0.2) is 8.32 Å². The topological polar surface area (TPSA) is 9.23 Å². The number of rotatable bonds is 2. The third-order valence-corrected chi connectivity index (χ3v) is 8.92. The first kappa shape index (κ1) is 16.9. The molecule has 4 aliphatic rings. The van der Waals surface area contributed by atoms with E-state index in [-0.39, 0.29) is 0 Å². The van der Waals surface area contributed by atoms with Crippen LogP contribution in [0, 0.1) is 34.5 Å². The highest BCUT2D eigenvalue weighted by Gasteiger charge is 2.56. The molecule has 0 aliphatic heterocycles. The molecule has 4 rings (SSSR count). The lowest BCUT2D eigenvalue weighted by Gasteiger charge is -2.59. The molecule has 0 bridgehead atoms. The monoisotopic (exact) mass is 344 g/mol. The van der Waals surface area contributed by atoms with Gasteiger partial charge < -0.3 is 4.43 Å². The average molecular weight is 345 g/mol. The lowest BCUT2D eigenvalue weighted by Crippen LogP contribution is -2.51. The van der Waals surface area contributed by atoms with Gasteiger partial charge in [0.25, 0.3) is 0 Å². The number of hydrogen-bond acceptors (Lipinski definition) is 1. The van der Waals surface area contributed by atoms with Crippen LogP contribution in [0.15, 0.2) is 24.0 Å². The van der Waals surface area contributed by atoms with Gasteiger partial charge in [-0.3, -0.25) is 0 Å². The van der Waals surface area contributed by atoms with E-state index in [4.69, 9.17) is 4.43 Å². The van der Waals surface area contributed by atoms with Gasteiger partial charge in [-0.05, 0) is 98.7 Å². The molecular weight excluding hydrogens is 308 g/mol. The van der Waals surface area contributed by atoms with Crippen LogP contribution >= 0.6 is 0 Å². The van der Waals surface area contributed by atoms with Gasteiger partial charge in [0.05, 0.1) is 5.76 Å². The number of hydrogen-bond donors (Lipinski definition) is 0. The Morgan fingerprint density at radius 2 is 1.88 bits per heavy atom. The highest BCUT2D eigenvalue weighted by molar-refractivity contribution is 6.70. The molecule has 4 aliphatic carbocycles. The van der Waals surface area contributed by atoms with Crippen molar-refractivity contribution in [3.63, 3.8) is 0 Å². The summed E-state index contributed by atoms with van der Waals surface area (Å²) >= 11 is 0. The van der Waals surface area contributed by atoms with E-state index in [1.807, 2.05) is 0 Å². The van der Waals surface area contributed by atoms with E-state index in [0.717, 1.165) is 23.7 Å². The van der Waals surface area contributed by atoms with Crippen molar-refractivity contribution in [1.82, 2.24) is 0 Å². The minimum Gasteiger partial charge on any atom is -0.548 e. The van der Waals surface area contributed by atoms with Crippen LogP contribution in [0.5, 0.6) is 0 Å². The number of allylic oxidation sites excluding steroid dienone is 4. The van der Waals surface area contributed by atoms with Gasteiger partial charge >= 0.3 is 0 Å². The molecule has 0 saturated heterocycles. The minimum absolute atomic E-state index is 0.515. The molecule has 0 amide bonds.